The van der Waals surface area contributed by atoms with Crippen LogP contribution in [0.25, 0.3) is 6.08 Å². The molecule has 0 radical (unpaired) electrons. The Morgan fingerprint density at radius 1 is 1.14 bits per heavy atom. The number of nitrogens with one attached hydrogen (secondary N) is 1. The maximum atomic E-state index is 14.5. The molecule has 2 saturated heterocycles. The molecular weight excluding hydrogens is 397 g/mol. The third-order valence-corrected chi connectivity index (χ3v) is 5.54. The van der Waals surface area contributed by atoms with E-state index in [2.05, 4.69) is 15.2 Å². The van der Waals surface area contributed by atoms with E-state index in [0.717, 1.165) is 37.2 Å². The molecule has 2 fully saturated rings. The minimum absolute atomic E-state index is 0. The average Bonchev–Trinajstić information content (AvgIpc) is 3.28. The summed E-state index contributed by atoms with van der Waals surface area (Å²) < 4.78 is 14.5. The first-order chi connectivity index (χ1) is 13.1. The lowest BCUT2D eigenvalue weighted by molar-refractivity contribution is -0.115. The molecule has 2 aromatic rings. The Balaban J connectivity index is 0.00000225. The monoisotopic (exact) mass is 417 g/mol. The van der Waals surface area contributed by atoms with Crippen molar-refractivity contribution in [3.05, 3.63) is 64.3 Å². The zero-order chi connectivity index (χ0) is 18.8. The third kappa shape index (κ3) is 4.56. The van der Waals surface area contributed by atoms with Crippen LogP contribution in [0.4, 0.5) is 15.8 Å². The first-order valence-corrected chi connectivity index (χ1v) is 9.81. The van der Waals surface area contributed by atoms with Gasteiger partial charge in [0.2, 0.25) is 0 Å². The van der Waals surface area contributed by atoms with E-state index >= 15 is 0 Å². The number of aryl methyl sites for hydroxylation is 1. The first kappa shape index (κ1) is 20.4. The number of hydrogen-bond acceptors (Lipinski definition) is 4. The van der Waals surface area contributed by atoms with Gasteiger partial charge in [-0.15, -0.1) is 12.4 Å². The van der Waals surface area contributed by atoms with E-state index in [-0.39, 0.29) is 24.1 Å². The van der Waals surface area contributed by atoms with E-state index in [1.54, 1.807) is 12.1 Å². The number of rotatable bonds is 3. The SMILES string of the molecule is Cc1ccc(N=C2NC(=O)/C(=C/c3ccc(N4CCCC4)c(F)c3)S2)cc1.Cl. The highest BCUT2D eigenvalue weighted by molar-refractivity contribution is 8.18. The van der Waals surface area contributed by atoms with Crippen molar-refractivity contribution in [1.82, 2.24) is 5.32 Å². The molecule has 2 aliphatic rings. The molecule has 0 atom stereocenters. The first-order valence-electron chi connectivity index (χ1n) is 8.99. The molecule has 28 heavy (non-hydrogen) atoms. The Morgan fingerprint density at radius 2 is 1.86 bits per heavy atom. The van der Waals surface area contributed by atoms with Crippen molar-refractivity contribution in [2.45, 2.75) is 19.8 Å². The Bertz CT molecular complexity index is 937. The summed E-state index contributed by atoms with van der Waals surface area (Å²) in [6.07, 6.45) is 3.91. The smallest absolute Gasteiger partial charge is 0.264 e. The van der Waals surface area contributed by atoms with Gasteiger partial charge in [-0.1, -0.05) is 23.8 Å². The summed E-state index contributed by atoms with van der Waals surface area (Å²) in [5.41, 5.74) is 3.25. The van der Waals surface area contributed by atoms with Crippen molar-refractivity contribution in [1.29, 1.82) is 0 Å². The van der Waals surface area contributed by atoms with Crippen molar-refractivity contribution in [2.75, 3.05) is 18.0 Å². The zero-order valence-electron chi connectivity index (χ0n) is 15.4. The highest BCUT2D eigenvalue weighted by Crippen LogP contribution is 2.30. The number of carbonyl (C=O) groups is 1. The van der Waals surface area contributed by atoms with Gasteiger partial charge in [0.1, 0.15) is 5.82 Å². The number of carbonyl (C=O) groups excluding carboxylic acids is 1. The van der Waals surface area contributed by atoms with Crippen molar-refractivity contribution in [2.24, 2.45) is 4.99 Å². The number of anilines is 1. The van der Waals surface area contributed by atoms with Crippen molar-refractivity contribution < 1.29 is 9.18 Å². The van der Waals surface area contributed by atoms with Crippen LogP contribution in [0.5, 0.6) is 0 Å². The van der Waals surface area contributed by atoms with E-state index in [4.69, 9.17) is 0 Å². The zero-order valence-corrected chi connectivity index (χ0v) is 17.1. The summed E-state index contributed by atoms with van der Waals surface area (Å²) in [5, 5.41) is 3.29. The molecule has 4 nitrogen and oxygen atoms in total. The van der Waals surface area contributed by atoms with Crippen molar-refractivity contribution >= 4 is 52.7 Å². The topological polar surface area (TPSA) is 44.7 Å². The predicted octanol–water partition coefficient (Wildman–Crippen LogP) is 5.05. The Kier molecular flexibility index (Phi) is 6.42. The van der Waals surface area contributed by atoms with Gasteiger partial charge in [-0.2, -0.15) is 0 Å². The Labute approximate surface area is 174 Å². The second kappa shape index (κ2) is 8.80. The van der Waals surface area contributed by atoms with Gasteiger partial charge < -0.3 is 10.2 Å². The van der Waals surface area contributed by atoms with Gasteiger partial charge in [-0.05, 0) is 67.4 Å². The lowest BCUT2D eigenvalue weighted by Crippen LogP contribution is -2.19. The Hall–Kier alpha value is -2.31. The van der Waals surface area contributed by atoms with Gasteiger partial charge in [0.25, 0.3) is 5.91 Å². The molecule has 1 amide bonds. The molecule has 0 bridgehead atoms. The van der Waals surface area contributed by atoms with Crippen LogP contribution in [0.2, 0.25) is 0 Å². The minimum Gasteiger partial charge on any atom is -0.369 e. The van der Waals surface area contributed by atoms with Gasteiger partial charge in [0.05, 0.1) is 16.3 Å². The normalized spacial score (nSPS) is 19.2. The quantitative estimate of drug-likeness (QED) is 0.711. The number of thioether (sulfide) groups is 1. The number of hydrogen-bond donors (Lipinski definition) is 1. The van der Waals surface area contributed by atoms with E-state index < -0.39 is 0 Å². The largest absolute Gasteiger partial charge is 0.369 e. The molecule has 0 spiro atoms. The summed E-state index contributed by atoms with van der Waals surface area (Å²) in [7, 11) is 0. The van der Waals surface area contributed by atoms with Crippen LogP contribution in [-0.2, 0) is 4.79 Å². The predicted molar refractivity (Wildman–Crippen MR) is 117 cm³/mol. The van der Waals surface area contributed by atoms with Crippen LogP contribution in [0.3, 0.4) is 0 Å². The van der Waals surface area contributed by atoms with Gasteiger partial charge in [0.15, 0.2) is 5.17 Å². The Morgan fingerprint density at radius 3 is 2.54 bits per heavy atom. The summed E-state index contributed by atoms with van der Waals surface area (Å²) in [6, 6.07) is 12.9. The van der Waals surface area contributed by atoms with E-state index in [1.807, 2.05) is 37.3 Å². The molecule has 4 rings (SSSR count). The number of nitrogens with zero attached hydrogens (tertiary/aromatic N) is 2. The van der Waals surface area contributed by atoms with E-state index in [1.165, 1.54) is 17.8 Å². The van der Waals surface area contributed by atoms with Crippen LogP contribution in [-0.4, -0.2) is 24.2 Å². The molecule has 2 heterocycles. The number of aliphatic imine (C=N–C) groups is 1. The van der Waals surface area contributed by atoms with Gasteiger partial charge in [-0.3, -0.25) is 4.79 Å². The fourth-order valence-corrected chi connectivity index (χ4v) is 4.04. The maximum Gasteiger partial charge on any atom is 0.264 e. The molecule has 146 valence electrons. The molecule has 0 aliphatic carbocycles. The summed E-state index contributed by atoms with van der Waals surface area (Å²) in [6.45, 7) is 3.81. The summed E-state index contributed by atoms with van der Waals surface area (Å²) in [4.78, 5) is 19.2. The van der Waals surface area contributed by atoms with Gasteiger partial charge in [0, 0.05) is 13.1 Å². The third-order valence-electron chi connectivity index (χ3n) is 4.63. The molecular formula is C21H21ClFN3OS. The molecule has 1 N–H and O–H groups in total. The number of benzene rings is 2. The molecule has 2 aliphatic heterocycles. The summed E-state index contributed by atoms with van der Waals surface area (Å²) in [5.74, 6) is -0.460. The molecule has 0 unspecified atom stereocenters. The minimum atomic E-state index is -0.247. The van der Waals surface area contributed by atoms with Crippen LogP contribution in [0.15, 0.2) is 52.4 Å². The van der Waals surface area contributed by atoms with Crippen LogP contribution < -0.4 is 10.2 Å². The molecule has 0 aromatic heterocycles. The lowest BCUT2D eigenvalue weighted by atomic mass is 10.1. The van der Waals surface area contributed by atoms with Gasteiger partial charge in [-0.25, -0.2) is 9.38 Å². The van der Waals surface area contributed by atoms with Crippen LogP contribution >= 0.6 is 24.2 Å². The standard InChI is InChI=1S/C21H20FN3OS.ClH/c1-14-4-7-16(8-5-14)23-21-24-20(26)19(27-21)13-15-6-9-18(17(22)12-15)25-10-2-3-11-25;/h4-9,12-13H,2-3,10-11H2,1H3,(H,23,24,26);1H/b19-13-;. The van der Waals surface area contributed by atoms with E-state index in [9.17, 15) is 9.18 Å². The van der Waals surface area contributed by atoms with Crippen molar-refractivity contribution in [3.63, 3.8) is 0 Å². The fraction of sp³-hybridized carbons (Fsp3) is 0.238. The molecule has 7 heteroatoms. The molecule has 0 saturated carbocycles. The molecule has 2 aromatic carbocycles. The highest BCUT2D eigenvalue weighted by atomic mass is 35.5. The fourth-order valence-electron chi connectivity index (χ4n) is 3.20. The van der Waals surface area contributed by atoms with Crippen LogP contribution in [0, 0.1) is 12.7 Å². The maximum absolute atomic E-state index is 14.5. The van der Waals surface area contributed by atoms with Crippen LogP contribution in [0.1, 0.15) is 24.0 Å². The van der Waals surface area contributed by atoms with E-state index in [0.29, 0.717) is 21.3 Å². The van der Waals surface area contributed by atoms with Gasteiger partial charge >= 0.3 is 0 Å². The van der Waals surface area contributed by atoms with Crippen molar-refractivity contribution in [3.8, 4) is 0 Å². The lowest BCUT2D eigenvalue weighted by Gasteiger charge is -2.18. The average molecular weight is 418 g/mol. The second-order valence-corrected chi connectivity index (χ2v) is 7.75. The summed E-state index contributed by atoms with van der Waals surface area (Å²) >= 11 is 1.27. The number of halogens is 2. The highest BCUT2D eigenvalue weighted by Gasteiger charge is 2.24. The number of amides is 1. The number of amidine groups is 1. The second-order valence-electron chi connectivity index (χ2n) is 6.72.